The maximum Gasteiger partial charge on any atom is 0.292 e. The zero-order valence-electron chi connectivity index (χ0n) is 10.4. The van der Waals surface area contributed by atoms with Crippen LogP contribution >= 0.6 is 0 Å². The van der Waals surface area contributed by atoms with Crippen molar-refractivity contribution in [3.05, 3.63) is 33.9 Å². The quantitative estimate of drug-likeness (QED) is 0.499. The normalized spacial score (nSPS) is 24.7. The Morgan fingerprint density at radius 2 is 2.21 bits per heavy atom. The zero-order chi connectivity index (χ0) is 13.6. The summed E-state index contributed by atoms with van der Waals surface area (Å²) in [7, 11) is 0. The first-order valence-electron chi connectivity index (χ1n) is 6.41. The number of nitrogens with zero attached hydrogens (tertiary/aromatic N) is 2. The third kappa shape index (κ3) is 1.83. The summed E-state index contributed by atoms with van der Waals surface area (Å²) in [5.41, 5.74) is 5.79. The van der Waals surface area contributed by atoms with Gasteiger partial charge in [0.1, 0.15) is 5.69 Å². The molecular formula is C13H15N3O3. The maximum atomic E-state index is 12.5. The Labute approximate surface area is 110 Å². The van der Waals surface area contributed by atoms with Gasteiger partial charge in [0, 0.05) is 18.7 Å². The van der Waals surface area contributed by atoms with Gasteiger partial charge in [-0.15, -0.1) is 0 Å². The molecule has 2 fully saturated rings. The molecule has 0 radical (unpaired) electrons. The van der Waals surface area contributed by atoms with E-state index < -0.39 is 4.92 Å². The highest BCUT2D eigenvalue weighted by molar-refractivity contribution is 6.01. The molecule has 2 aliphatic rings. The monoisotopic (exact) mass is 261 g/mol. The summed E-state index contributed by atoms with van der Waals surface area (Å²) in [5, 5.41) is 10.8. The number of carbonyl (C=O) groups excluding carboxylic acids is 1. The van der Waals surface area contributed by atoms with Gasteiger partial charge in [-0.05, 0) is 31.2 Å². The number of amides is 1. The lowest BCUT2D eigenvalue weighted by atomic mass is 10.1. The molecule has 2 N–H and O–H groups in total. The van der Waals surface area contributed by atoms with E-state index in [0.29, 0.717) is 5.92 Å². The highest BCUT2D eigenvalue weighted by Crippen LogP contribution is 2.39. The van der Waals surface area contributed by atoms with Crippen LogP contribution in [-0.2, 0) is 0 Å². The molecule has 2 bridgehead atoms. The standard InChI is InChI=1S/C13H15N3O3/c14-12-10(2-1-3-11(12)16(18)19)13(17)15-7-8-4-5-9(15)6-8/h1-3,8-9H,4-7,14H2. The summed E-state index contributed by atoms with van der Waals surface area (Å²) in [6.07, 6.45) is 3.27. The van der Waals surface area contributed by atoms with E-state index in [4.69, 9.17) is 5.73 Å². The molecule has 1 heterocycles. The zero-order valence-corrected chi connectivity index (χ0v) is 10.4. The van der Waals surface area contributed by atoms with Gasteiger partial charge in [0.05, 0.1) is 10.5 Å². The highest BCUT2D eigenvalue weighted by Gasteiger charge is 2.41. The molecule has 2 unspecified atom stereocenters. The van der Waals surface area contributed by atoms with Crippen LogP contribution in [0.5, 0.6) is 0 Å². The lowest BCUT2D eigenvalue weighted by molar-refractivity contribution is -0.383. The predicted molar refractivity (Wildman–Crippen MR) is 69.7 cm³/mol. The number of carbonyl (C=O) groups is 1. The van der Waals surface area contributed by atoms with Gasteiger partial charge in [0.25, 0.3) is 11.6 Å². The van der Waals surface area contributed by atoms with Crippen LogP contribution in [0.25, 0.3) is 0 Å². The molecule has 1 aliphatic carbocycles. The number of rotatable bonds is 2. The first kappa shape index (κ1) is 12.0. The van der Waals surface area contributed by atoms with Crippen molar-refractivity contribution in [2.45, 2.75) is 25.3 Å². The number of benzene rings is 1. The van der Waals surface area contributed by atoms with Crippen molar-refractivity contribution in [1.29, 1.82) is 0 Å². The Balaban J connectivity index is 1.92. The summed E-state index contributed by atoms with van der Waals surface area (Å²) >= 11 is 0. The van der Waals surface area contributed by atoms with Crippen LogP contribution in [0, 0.1) is 16.0 Å². The number of hydrogen-bond donors (Lipinski definition) is 1. The van der Waals surface area contributed by atoms with Crippen molar-refractivity contribution >= 4 is 17.3 Å². The fourth-order valence-corrected chi connectivity index (χ4v) is 3.23. The van der Waals surface area contributed by atoms with Gasteiger partial charge in [0.2, 0.25) is 0 Å². The molecular weight excluding hydrogens is 246 g/mol. The molecule has 0 aromatic heterocycles. The number of nitro benzene ring substituents is 1. The van der Waals surface area contributed by atoms with Crippen LogP contribution in [0.4, 0.5) is 11.4 Å². The SMILES string of the molecule is Nc1c(C(=O)N2CC3CCC2C3)cccc1[N+](=O)[O-]. The second-order valence-corrected chi connectivity index (χ2v) is 5.29. The Kier molecular flexibility index (Phi) is 2.66. The number of nitrogen functional groups attached to an aromatic ring is 1. The molecule has 1 aromatic carbocycles. The molecule has 1 amide bonds. The van der Waals surface area contributed by atoms with Crippen LogP contribution in [0.2, 0.25) is 0 Å². The van der Waals surface area contributed by atoms with Crippen molar-refractivity contribution in [2.24, 2.45) is 5.92 Å². The van der Waals surface area contributed by atoms with Gasteiger partial charge in [-0.2, -0.15) is 0 Å². The fourth-order valence-electron chi connectivity index (χ4n) is 3.23. The Morgan fingerprint density at radius 1 is 1.42 bits per heavy atom. The Morgan fingerprint density at radius 3 is 2.79 bits per heavy atom. The molecule has 0 spiro atoms. The molecule has 100 valence electrons. The predicted octanol–water partition coefficient (Wildman–Crippen LogP) is 1.80. The van der Waals surface area contributed by atoms with Crippen molar-refractivity contribution in [2.75, 3.05) is 12.3 Å². The average Bonchev–Trinajstić information content (AvgIpc) is 3.00. The summed E-state index contributed by atoms with van der Waals surface area (Å²) in [6, 6.07) is 4.69. The largest absolute Gasteiger partial charge is 0.393 e. The van der Waals surface area contributed by atoms with Gasteiger partial charge in [-0.1, -0.05) is 6.07 Å². The molecule has 1 aliphatic heterocycles. The molecule has 1 aromatic rings. The van der Waals surface area contributed by atoms with E-state index in [-0.39, 0.29) is 28.9 Å². The number of nitro groups is 1. The van der Waals surface area contributed by atoms with E-state index in [1.165, 1.54) is 18.6 Å². The molecule has 6 heteroatoms. The van der Waals surface area contributed by atoms with Crippen molar-refractivity contribution in [1.82, 2.24) is 4.90 Å². The number of hydrogen-bond acceptors (Lipinski definition) is 4. The number of para-hydroxylation sites is 1. The maximum absolute atomic E-state index is 12.5. The minimum absolute atomic E-state index is 0.0275. The molecule has 6 nitrogen and oxygen atoms in total. The first-order chi connectivity index (χ1) is 9.08. The van der Waals surface area contributed by atoms with Gasteiger partial charge >= 0.3 is 0 Å². The third-order valence-corrected chi connectivity index (χ3v) is 4.18. The van der Waals surface area contributed by atoms with Crippen molar-refractivity contribution in [3.8, 4) is 0 Å². The van der Waals surface area contributed by atoms with E-state index in [9.17, 15) is 14.9 Å². The smallest absolute Gasteiger partial charge is 0.292 e. The number of nitrogens with two attached hydrogens (primary N) is 1. The van der Waals surface area contributed by atoms with Crippen LogP contribution in [-0.4, -0.2) is 28.3 Å². The minimum Gasteiger partial charge on any atom is -0.393 e. The van der Waals surface area contributed by atoms with E-state index in [0.717, 1.165) is 19.4 Å². The summed E-state index contributed by atoms with van der Waals surface area (Å²) in [5.74, 6) is 0.419. The summed E-state index contributed by atoms with van der Waals surface area (Å²) < 4.78 is 0. The van der Waals surface area contributed by atoms with E-state index in [1.54, 1.807) is 6.07 Å². The van der Waals surface area contributed by atoms with Crippen molar-refractivity contribution < 1.29 is 9.72 Å². The molecule has 1 saturated carbocycles. The molecule has 1 saturated heterocycles. The number of fused-ring (bicyclic) bond motifs is 2. The van der Waals surface area contributed by atoms with E-state index in [1.807, 2.05) is 4.90 Å². The van der Waals surface area contributed by atoms with Gasteiger partial charge < -0.3 is 10.6 Å². The fraction of sp³-hybridized carbons (Fsp3) is 0.462. The van der Waals surface area contributed by atoms with Crippen LogP contribution in [0.1, 0.15) is 29.6 Å². The minimum atomic E-state index is -0.553. The van der Waals surface area contributed by atoms with E-state index >= 15 is 0 Å². The molecule has 19 heavy (non-hydrogen) atoms. The lowest BCUT2D eigenvalue weighted by Crippen LogP contribution is -2.38. The van der Waals surface area contributed by atoms with E-state index in [2.05, 4.69) is 0 Å². The molecule has 2 atom stereocenters. The number of anilines is 1. The Hall–Kier alpha value is -2.11. The van der Waals surface area contributed by atoms with Crippen LogP contribution in [0.3, 0.4) is 0 Å². The number of piperidine rings is 1. The Bertz CT molecular complexity index is 558. The molecule has 3 rings (SSSR count). The second-order valence-electron chi connectivity index (χ2n) is 5.29. The van der Waals surface area contributed by atoms with Gasteiger partial charge in [0.15, 0.2) is 0 Å². The first-order valence-corrected chi connectivity index (χ1v) is 6.41. The van der Waals surface area contributed by atoms with Gasteiger partial charge in [-0.25, -0.2) is 0 Å². The summed E-state index contributed by atoms with van der Waals surface area (Å²) in [6.45, 7) is 0.756. The van der Waals surface area contributed by atoms with Crippen molar-refractivity contribution in [3.63, 3.8) is 0 Å². The second kappa shape index (κ2) is 4.22. The topological polar surface area (TPSA) is 89.5 Å². The average molecular weight is 261 g/mol. The summed E-state index contributed by atoms with van der Waals surface area (Å²) in [4.78, 5) is 24.6. The van der Waals surface area contributed by atoms with Gasteiger partial charge in [-0.3, -0.25) is 14.9 Å². The van der Waals surface area contributed by atoms with Crippen LogP contribution in [0.15, 0.2) is 18.2 Å². The van der Waals surface area contributed by atoms with Crippen LogP contribution < -0.4 is 5.73 Å². The third-order valence-electron chi connectivity index (χ3n) is 4.18. The highest BCUT2D eigenvalue weighted by atomic mass is 16.6. The number of likely N-dealkylation sites (tertiary alicyclic amines) is 1. The lowest BCUT2D eigenvalue weighted by Gasteiger charge is -2.27.